The predicted octanol–water partition coefficient (Wildman–Crippen LogP) is 3.05. The molecule has 0 fully saturated rings. The van der Waals surface area contributed by atoms with Gasteiger partial charge in [0.15, 0.2) is 9.84 Å². The molecule has 0 aromatic heterocycles. The van der Waals surface area contributed by atoms with Crippen molar-refractivity contribution >= 4 is 21.4 Å². The maximum atomic E-state index is 12.5. The maximum Gasteiger partial charge on any atom is 0.256 e. The van der Waals surface area contributed by atoms with Crippen LogP contribution in [0.1, 0.15) is 22.8 Å². The monoisotopic (exact) mass is 333 g/mol. The van der Waals surface area contributed by atoms with Crippen molar-refractivity contribution in [2.75, 3.05) is 18.2 Å². The van der Waals surface area contributed by atoms with Crippen molar-refractivity contribution in [3.8, 4) is 5.75 Å². The van der Waals surface area contributed by atoms with Crippen LogP contribution in [0.4, 0.5) is 5.69 Å². The van der Waals surface area contributed by atoms with E-state index in [1.165, 1.54) is 12.1 Å². The Bertz CT molecular complexity index is 828. The number of hydrogen-bond donors (Lipinski definition) is 1. The van der Waals surface area contributed by atoms with Crippen LogP contribution in [-0.4, -0.2) is 27.2 Å². The highest BCUT2D eigenvalue weighted by molar-refractivity contribution is 7.90. The van der Waals surface area contributed by atoms with Crippen LogP contribution in [0.5, 0.6) is 5.75 Å². The van der Waals surface area contributed by atoms with Gasteiger partial charge in [0.1, 0.15) is 5.75 Å². The van der Waals surface area contributed by atoms with Crippen LogP contribution in [0, 0.1) is 6.92 Å². The van der Waals surface area contributed by atoms with Crippen molar-refractivity contribution in [2.45, 2.75) is 18.7 Å². The molecule has 0 aliphatic heterocycles. The zero-order valence-electron chi connectivity index (χ0n) is 13.3. The van der Waals surface area contributed by atoms with Gasteiger partial charge in [-0.1, -0.05) is 18.2 Å². The number of nitrogens with one attached hydrogen (secondary N) is 1. The van der Waals surface area contributed by atoms with Crippen LogP contribution in [0.25, 0.3) is 0 Å². The highest BCUT2D eigenvalue weighted by atomic mass is 32.2. The number of carbonyl (C=O) groups excluding carboxylic acids is 1. The Morgan fingerprint density at radius 2 is 1.87 bits per heavy atom. The van der Waals surface area contributed by atoms with Crippen molar-refractivity contribution in [3.63, 3.8) is 0 Å². The van der Waals surface area contributed by atoms with Crippen molar-refractivity contribution < 1.29 is 17.9 Å². The Hall–Kier alpha value is -2.34. The summed E-state index contributed by atoms with van der Waals surface area (Å²) in [6.07, 6.45) is 1.11. The summed E-state index contributed by atoms with van der Waals surface area (Å²) in [5, 5.41) is 2.77. The molecule has 1 N–H and O–H groups in total. The minimum atomic E-state index is -3.37. The zero-order valence-corrected chi connectivity index (χ0v) is 14.1. The molecule has 2 aromatic carbocycles. The molecule has 2 aromatic rings. The fourth-order valence-electron chi connectivity index (χ4n) is 2.12. The SMILES string of the molecule is CCOc1ccccc1NC(=O)c1cc(S(C)(=O)=O)ccc1C. The molecular formula is C17H19NO4S. The molecule has 122 valence electrons. The van der Waals surface area contributed by atoms with Gasteiger partial charge in [-0.15, -0.1) is 0 Å². The van der Waals surface area contributed by atoms with E-state index in [9.17, 15) is 13.2 Å². The molecule has 0 atom stereocenters. The van der Waals surface area contributed by atoms with Crippen molar-refractivity contribution in [1.29, 1.82) is 0 Å². The van der Waals surface area contributed by atoms with Crippen LogP contribution in [0.15, 0.2) is 47.4 Å². The van der Waals surface area contributed by atoms with E-state index in [4.69, 9.17) is 4.74 Å². The van der Waals surface area contributed by atoms with E-state index < -0.39 is 9.84 Å². The summed E-state index contributed by atoms with van der Waals surface area (Å²) in [7, 11) is -3.37. The Morgan fingerprint density at radius 1 is 1.17 bits per heavy atom. The van der Waals surface area contributed by atoms with Crippen molar-refractivity contribution in [2.24, 2.45) is 0 Å². The maximum absolute atomic E-state index is 12.5. The number of aryl methyl sites for hydroxylation is 1. The summed E-state index contributed by atoms with van der Waals surface area (Å²) in [6, 6.07) is 11.6. The summed E-state index contributed by atoms with van der Waals surface area (Å²) in [5.74, 6) is 0.195. The molecule has 5 nitrogen and oxygen atoms in total. The molecule has 0 saturated carbocycles. The van der Waals surface area contributed by atoms with Gasteiger partial charge in [0.05, 0.1) is 17.2 Å². The molecule has 0 spiro atoms. The zero-order chi connectivity index (χ0) is 17.0. The van der Waals surface area contributed by atoms with E-state index in [0.717, 1.165) is 6.26 Å². The average molecular weight is 333 g/mol. The van der Waals surface area contributed by atoms with Gasteiger partial charge in [0.2, 0.25) is 0 Å². The number of amides is 1. The van der Waals surface area contributed by atoms with E-state index in [1.54, 1.807) is 31.2 Å². The third-order valence-corrected chi connectivity index (χ3v) is 4.43. The lowest BCUT2D eigenvalue weighted by atomic mass is 10.1. The normalized spacial score (nSPS) is 11.1. The fraction of sp³-hybridized carbons (Fsp3) is 0.235. The second-order valence-corrected chi connectivity index (χ2v) is 7.15. The molecular weight excluding hydrogens is 314 g/mol. The molecule has 0 bridgehead atoms. The standard InChI is InChI=1S/C17H19NO4S/c1-4-22-16-8-6-5-7-15(16)18-17(19)14-11-13(23(3,20)21)10-9-12(14)2/h5-11H,4H2,1-3H3,(H,18,19). The van der Waals surface area contributed by atoms with E-state index in [-0.39, 0.29) is 10.8 Å². The minimum absolute atomic E-state index is 0.117. The molecule has 23 heavy (non-hydrogen) atoms. The molecule has 0 saturated heterocycles. The van der Waals surface area contributed by atoms with Gasteiger partial charge in [0, 0.05) is 11.8 Å². The van der Waals surface area contributed by atoms with Gasteiger partial charge in [-0.2, -0.15) is 0 Å². The third-order valence-electron chi connectivity index (χ3n) is 3.32. The summed E-state index contributed by atoms with van der Waals surface area (Å²) >= 11 is 0. The molecule has 6 heteroatoms. The molecule has 0 aliphatic rings. The number of anilines is 1. The summed E-state index contributed by atoms with van der Waals surface area (Å²) < 4.78 is 28.8. The van der Waals surface area contributed by atoms with Gasteiger partial charge in [-0.3, -0.25) is 4.79 Å². The van der Waals surface area contributed by atoms with E-state index in [0.29, 0.717) is 29.2 Å². The first-order valence-electron chi connectivity index (χ1n) is 7.17. The number of carbonyl (C=O) groups is 1. The Kier molecular flexibility index (Phi) is 5.05. The lowest BCUT2D eigenvalue weighted by Crippen LogP contribution is -2.15. The van der Waals surface area contributed by atoms with E-state index in [2.05, 4.69) is 5.32 Å². The average Bonchev–Trinajstić information content (AvgIpc) is 2.48. The smallest absolute Gasteiger partial charge is 0.256 e. The number of para-hydroxylation sites is 2. The molecule has 0 radical (unpaired) electrons. The minimum Gasteiger partial charge on any atom is -0.492 e. The first kappa shape index (κ1) is 17.0. The molecule has 2 rings (SSSR count). The summed E-state index contributed by atoms with van der Waals surface area (Å²) in [5.41, 5.74) is 1.56. The Balaban J connectivity index is 2.35. The van der Waals surface area contributed by atoms with Crippen LogP contribution < -0.4 is 10.1 Å². The van der Waals surface area contributed by atoms with Gasteiger partial charge in [0.25, 0.3) is 5.91 Å². The number of sulfone groups is 1. The molecule has 1 amide bonds. The van der Waals surface area contributed by atoms with Crippen molar-refractivity contribution in [3.05, 3.63) is 53.6 Å². The largest absolute Gasteiger partial charge is 0.492 e. The third kappa shape index (κ3) is 4.10. The Labute approximate surface area is 136 Å². The van der Waals surface area contributed by atoms with E-state index >= 15 is 0 Å². The number of benzene rings is 2. The number of ether oxygens (including phenoxy) is 1. The number of hydrogen-bond acceptors (Lipinski definition) is 4. The molecule has 0 aliphatic carbocycles. The van der Waals surface area contributed by atoms with Crippen LogP contribution in [-0.2, 0) is 9.84 Å². The van der Waals surface area contributed by atoms with Crippen LogP contribution >= 0.6 is 0 Å². The first-order chi connectivity index (χ1) is 10.8. The summed E-state index contributed by atoms with van der Waals surface area (Å²) in [4.78, 5) is 12.6. The first-order valence-corrected chi connectivity index (χ1v) is 9.06. The Morgan fingerprint density at radius 3 is 2.52 bits per heavy atom. The predicted molar refractivity (Wildman–Crippen MR) is 89.9 cm³/mol. The second-order valence-electron chi connectivity index (χ2n) is 5.13. The lowest BCUT2D eigenvalue weighted by Gasteiger charge is -2.13. The van der Waals surface area contributed by atoms with Gasteiger partial charge in [-0.25, -0.2) is 8.42 Å². The van der Waals surface area contributed by atoms with Crippen LogP contribution in [0.2, 0.25) is 0 Å². The van der Waals surface area contributed by atoms with Gasteiger partial charge < -0.3 is 10.1 Å². The highest BCUT2D eigenvalue weighted by Crippen LogP contribution is 2.25. The topological polar surface area (TPSA) is 72.5 Å². The highest BCUT2D eigenvalue weighted by Gasteiger charge is 2.15. The van der Waals surface area contributed by atoms with Gasteiger partial charge >= 0.3 is 0 Å². The quantitative estimate of drug-likeness (QED) is 0.913. The summed E-state index contributed by atoms with van der Waals surface area (Å²) in [6.45, 7) is 4.10. The molecule has 0 heterocycles. The lowest BCUT2D eigenvalue weighted by molar-refractivity contribution is 0.102. The van der Waals surface area contributed by atoms with Gasteiger partial charge in [-0.05, 0) is 43.7 Å². The van der Waals surface area contributed by atoms with Crippen LogP contribution in [0.3, 0.4) is 0 Å². The van der Waals surface area contributed by atoms with E-state index in [1.807, 2.05) is 13.0 Å². The fourth-order valence-corrected chi connectivity index (χ4v) is 2.76. The van der Waals surface area contributed by atoms with Crippen molar-refractivity contribution in [1.82, 2.24) is 0 Å². The second kappa shape index (κ2) is 6.83. The molecule has 0 unspecified atom stereocenters. The number of rotatable bonds is 5.